The third kappa shape index (κ3) is 1.33. The summed E-state index contributed by atoms with van der Waals surface area (Å²) in [6, 6.07) is 3.33. The average Bonchev–Trinajstić information content (AvgIpc) is 2.28. The van der Waals surface area contributed by atoms with Gasteiger partial charge in [-0.25, -0.2) is 14.0 Å². The van der Waals surface area contributed by atoms with E-state index in [1.54, 1.807) is 0 Å². The van der Waals surface area contributed by atoms with Crippen molar-refractivity contribution >= 4 is 20.4 Å². The van der Waals surface area contributed by atoms with Gasteiger partial charge in [-0.2, -0.15) is 0 Å². The molecule has 0 saturated heterocycles. The number of hydrogen-bond acceptors (Lipinski definition) is 3. The van der Waals surface area contributed by atoms with Crippen LogP contribution in [-0.4, -0.2) is 20.4 Å². The monoisotopic (exact) mass is 177 g/mol. The molecule has 0 aromatic heterocycles. The van der Waals surface area contributed by atoms with Gasteiger partial charge in [0.15, 0.2) is 0 Å². The van der Waals surface area contributed by atoms with Gasteiger partial charge in [-0.3, -0.25) is 0 Å². The molecule has 1 aliphatic heterocycles. The number of hydrogen-bond donors (Lipinski definition) is 0. The number of esters is 2. The molecule has 3 nitrogen and oxygen atoms in total. The summed E-state index contributed by atoms with van der Waals surface area (Å²) < 4.78 is 16.8. The number of fused-ring (bicyclic) bond motifs is 1. The molecule has 2 rings (SSSR count). The summed E-state index contributed by atoms with van der Waals surface area (Å²) in [5.74, 6) is -2.05. The third-order valence-corrected chi connectivity index (χ3v) is 1.61. The molecule has 0 spiro atoms. The highest BCUT2D eigenvalue weighted by atomic mass is 19.1. The lowest BCUT2D eigenvalue weighted by molar-refractivity contribution is 0.0443. The SMILES string of the molecule is O=C1OC(=O)c2cc(F)ccc21.[B]. The van der Waals surface area contributed by atoms with Gasteiger partial charge in [-0.05, 0) is 18.2 Å². The second-order valence-electron chi connectivity index (χ2n) is 2.37. The molecule has 0 amide bonds. The highest BCUT2D eigenvalue weighted by molar-refractivity contribution is 6.14. The first-order chi connectivity index (χ1) is 5.68. The molecule has 0 fully saturated rings. The normalized spacial score (nSPS) is 13.3. The molecule has 0 unspecified atom stereocenters. The predicted molar refractivity (Wildman–Crippen MR) is 41.9 cm³/mol. The first kappa shape index (κ1) is 9.44. The van der Waals surface area contributed by atoms with E-state index in [1.165, 1.54) is 6.07 Å². The van der Waals surface area contributed by atoms with Gasteiger partial charge in [0.25, 0.3) is 0 Å². The molecule has 0 saturated carbocycles. The molecule has 3 radical (unpaired) electrons. The van der Waals surface area contributed by atoms with Crippen LogP contribution in [0.25, 0.3) is 0 Å². The molecular weight excluding hydrogens is 174 g/mol. The Balaban J connectivity index is 0.000000845. The Kier molecular flexibility index (Phi) is 2.19. The standard InChI is InChI=1S/C8H3FO3.B/c9-4-1-2-5-6(3-4)8(11)12-7(5)10;/h1-3H;. The fourth-order valence-corrected chi connectivity index (χ4v) is 1.06. The van der Waals surface area contributed by atoms with Crippen molar-refractivity contribution in [2.24, 2.45) is 0 Å². The molecular formula is C8H3BFO3. The van der Waals surface area contributed by atoms with E-state index < -0.39 is 17.8 Å². The van der Waals surface area contributed by atoms with Gasteiger partial charge in [-0.15, -0.1) is 0 Å². The summed E-state index contributed by atoms with van der Waals surface area (Å²) in [6.45, 7) is 0. The lowest BCUT2D eigenvalue weighted by atomic mass is 10.1. The summed E-state index contributed by atoms with van der Waals surface area (Å²) in [6.07, 6.45) is 0. The van der Waals surface area contributed by atoms with Gasteiger partial charge in [-0.1, -0.05) is 0 Å². The van der Waals surface area contributed by atoms with Crippen molar-refractivity contribution < 1.29 is 18.7 Å². The maximum absolute atomic E-state index is 12.5. The van der Waals surface area contributed by atoms with Crippen LogP contribution >= 0.6 is 0 Å². The lowest BCUT2D eigenvalue weighted by Crippen LogP contribution is -1.96. The average molecular weight is 177 g/mol. The Labute approximate surface area is 75.1 Å². The van der Waals surface area contributed by atoms with Crippen LogP contribution in [0.4, 0.5) is 4.39 Å². The van der Waals surface area contributed by atoms with Gasteiger partial charge >= 0.3 is 11.9 Å². The first-order valence-electron chi connectivity index (χ1n) is 3.24. The number of cyclic esters (lactones) is 2. The summed E-state index contributed by atoms with van der Waals surface area (Å²) >= 11 is 0. The maximum atomic E-state index is 12.5. The van der Waals surface area contributed by atoms with Crippen LogP contribution in [0.3, 0.4) is 0 Å². The van der Waals surface area contributed by atoms with Crippen molar-refractivity contribution in [1.82, 2.24) is 0 Å². The van der Waals surface area contributed by atoms with Crippen LogP contribution in [0, 0.1) is 5.82 Å². The van der Waals surface area contributed by atoms with E-state index in [0.717, 1.165) is 12.1 Å². The van der Waals surface area contributed by atoms with E-state index in [1.807, 2.05) is 0 Å². The molecule has 0 atom stereocenters. The van der Waals surface area contributed by atoms with E-state index >= 15 is 0 Å². The van der Waals surface area contributed by atoms with Crippen LogP contribution in [0.5, 0.6) is 0 Å². The van der Waals surface area contributed by atoms with E-state index in [2.05, 4.69) is 4.74 Å². The molecule has 0 bridgehead atoms. The van der Waals surface area contributed by atoms with Crippen molar-refractivity contribution in [1.29, 1.82) is 0 Å². The molecule has 13 heavy (non-hydrogen) atoms. The van der Waals surface area contributed by atoms with Gasteiger partial charge in [0.2, 0.25) is 0 Å². The van der Waals surface area contributed by atoms with E-state index in [9.17, 15) is 14.0 Å². The highest BCUT2D eigenvalue weighted by Crippen LogP contribution is 2.20. The van der Waals surface area contributed by atoms with E-state index in [0.29, 0.717) is 0 Å². The topological polar surface area (TPSA) is 43.4 Å². The van der Waals surface area contributed by atoms with Crippen LogP contribution in [-0.2, 0) is 4.74 Å². The number of ether oxygens (including phenoxy) is 1. The third-order valence-electron chi connectivity index (χ3n) is 1.61. The van der Waals surface area contributed by atoms with Crippen LogP contribution in [0.2, 0.25) is 0 Å². The number of benzene rings is 1. The minimum absolute atomic E-state index is 0. The fourth-order valence-electron chi connectivity index (χ4n) is 1.06. The molecule has 5 heteroatoms. The Morgan fingerprint density at radius 1 is 1.08 bits per heavy atom. The maximum Gasteiger partial charge on any atom is 0.347 e. The van der Waals surface area contributed by atoms with Gasteiger partial charge in [0.05, 0.1) is 11.1 Å². The van der Waals surface area contributed by atoms with Crippen LogP contribution in [0.15, 0.2) is 18.2 Å². The van der Waals surface area contributed by atoms with Gasteiger partial charge < -0.3 is 4.74 Å². The van der Waals surface area contributed by atoms with Crippen molar-refractivity contribution in [3.05, 3.63) is 35.1 Å². The van der Waals surface area contributed by atoms with Gasteiger partial charge in [0, 0.05) is 8.41 Å². The number of carbonyl (C=O) groups excluding carboxylic acids is 2. The first-order valence-corrected chi connectivity index (χ1v) is 3.24. The molecule has 0 aliphatic carbocycles. The summed E-state index contributed by atoms with van der Waals surface area (Å²) in [5.41, 5.74) is 0.126. The smallest absolute Gasteiger partial charge is 0.347 e. The Hall–Kier alpha value is -1.65. The number of halogens is 1. The second kappa shape index (κ2) is 3.01. The molecule has 0 N–H and O–H groups in total. The zero-order chi connectivity index (χ0) is 8.72. The fraction of sp³-hybridized carbons (Fsp3) is 0. The summed E-state index contributed by atoms with van der Waals surface area (Å²) in [7, 11) is 0. The van der Waals surface area contributed by atoms with Crippen molar-refractivity contribution in [3.63, 3.8) is 0 Å². The molecule has 1 heterocycles. The van der Waals surface area contributed by atoms with Crippen LogP contribution < -0.4 is 0 Å². The zero-order valence-corrected chi connectivity index (χ0v) is 6.41. The summed E-state index contributed by atoms with van der Waals surface area (Å²) in [5, 5.41) is 0. The second-order valence-corrected chi connectivity index (χ2v) is 2.37. The highest BCUT2D eigenvalue weighted by Gasteiger charge is 2.29. The molecule has 1 aliphatic rings. The minimum Gasteiger partial charge on any atom is -0.386 e. The van der Waals surface area contributed by atoms with Crippen molar-refractivity contribution in [2.45, 2.75) is 0 Å². The van der Waals surface area contributed by atoms with Crippen molar-refractivity contribution in [2.75, 3.05) is 0 Å². The van der Waals surface area contributed by atoms with E-state index in [4.69, 9.17) is 0 Å². The van der Waals surface area contributed by atoms with Gasteiger partial charge in [0.1, 0.15) is 5.82 Å². The number of carbonyl (C=O) groups is 2. The Bertz CT molecular complexity index is 389. The lowest BCUT2D eigenvalue weighted by Gasteiger charge is -1.89. The quantitative estimate of drug-likeness (QED) is 0.333. The number of rotatable bonds is 0. The van der Waals surface area contributed by atoms with E-state index in [-0.39, 0.29) is 19.5 Å². The predicted octanol–water partition coefficient (Wildman–Crippen LogP) is 0.756. The zero-order valence-electron chi connectivity index (χ0n) is 6.41. The Morgan fingerprint density at radius 3 is 2.38 bits per heavy atom. The summed E-state index contributed by atoms with van der Waals surface area (Å²) in [4.78, 5) is 21.6. The molecule has 1 aromatic rings. The molecule has 63 valence electrons. The van der Waals surface area contributed by atoms with Crippen molar-refractivity contribution in [3.8, 4) is 0 Å². The molecule has 1 aromatic carbocycles. The van der Waals surface area contributed by atoms with Crippen LogP contribution in [0.1, 0.15) is 20.7 Å². The Morgan fingerprint density at radius 2 is 1.69 bits per heavy atom. The largest absolute Gasteiger partial charge is 0.386 e. The minimum atomic E-state index is -0.783.